The van der Waals surface area contributed by atoms with Crippen LogP contribution in [0, 0.1) is 0 Å². The summed E-state index contributed by atoms with van der Waals surface area (Å²) >= 11 is 0. The van der Waals surface area contributed by atoms with Gasteiger partial charge in [-0.25, -0.2) is 0 Å². The summed E-state index contributed by atoms with van der Waals surface area (Å²) in [5, 5.41) is 0. The van der Waals surface area contributed by atoms with Crippen molar-refractivity contribution in [1.29, 1.82) is 0 Å². The van der Waals surface area contributed by atoms with Gasteiger partial charge in [-0.1, -0.05) is 13.3 Å². The van der Waals surface area contributed by atoms with Crippen molar-refractivity contribution in [2.75, 3.05) is 13.2 Å². The van der Waals surface area contributed by atoms with E-state index in [0.717, 1.165) is 12.8 Å². The van der Waals surface area contributed by atoms with Crippen molar-refractivity contribution in [3.63, 3.8) is 0 Å². The van der Waals surface area contributed by atoms with Gasteiger partial charge < -0.3 is 9.39 Å². The Labute approximate surface area is 81.2 Å². The predicted octanol–water partition coefficient (Wildman–Crippen LogP) is 1.25. The van der Waals surface area contributed by atoms with Crippen LogP contribution < -0.4 is 0 Å². The van der Waals surface area contributed by atoms with Crippen LogP contribution in [0.15, 0.2) is 0 Å². The van der Waals surface area contributed by atoms with Crippen LogP contribution in [0.1, 0.15) is 33.6 Å². The third-order valence-electron chi connectivity index (χ3n) is 1.85. The monoisotopic (exact) mass is 184 g/mol. The van der Waals surface area contributed by atoms with Crippen LogP contribution in [0.3, 0.4) is 0 Å². The second kappa shape index (κ2) is 6.16. The molecule has 0 spiro atoms. The number of ether oxygens (including phenoxy) is 1. The number of Topliss-reactive ketones (excluding diaryl/α,β-unsaturated/α-hetero) is 1. The van der Waals surface area contributed by atoms with Crippen molar-refractivity contribution in [1.82, 2.24) is 0 Å². The lowest BCUT2D eigenvalue weighted by Gasteiger charge is -2.23. The average molecular weight is 184 g/mol. The number of carbonyl (C=O) groups excluding carboxylic acids is 1. The van der Waals surface area contributed by atoms with E-state index in [-0.39, 0.29) is 12.4 Å². The number of ketones is 1. The molecule has 0 N–H and O–H groups in total. The molecule has 0 saturated heterocycles. The van der Waals surface area contributed by atoms with Gasteiger partial charge in [0, 0.05) is 6.61 Å². The lowest BCUT2D eigenvalue weighted by atomic mass is 10.0. The summed E-state index contributed by atoms with van der Waals surface area (Å²) in [4.78, 5) is 11.3. The van der Waals surface area contributed by atoms with E-state index in [1.54, 1.807) is 13.8 Å². The lowest BCUT2D eigenvalue weighted by Crippen LogP contribution is -2.38. The van der Waals surface area contributed by atoms with Gasteiger partial charge in [-0.3, -0.25) is 4.79 Å². The van der Waals surface area contributed by atoms with E-state index in [0.29, 0.717) is 6.61 Å². The molecule has 0 aliphatic rings. The van der Waals surface area contributed by atoms with Gasteiger partial charge in [-0.15, -0.1) is 0 Å². The van der Waals surface area contributed by atoms with E-state index >= 15 is 0 Å². The van der Waals surface area contributed by atoms with Crippen LogP contribution in [0.5, 0.6) is 0 Å². The summed E-state index contributed by atoms with van der Waals surface area (Å²) in [6.07, 6.45) is 2.01. The third-order valence-corrected chi connectivity index (χ3v) is 1.85. The van der Waals surface area contributed by atoms with Crippen LogP contribution in [0.2, 0.25) is 0 Å². The second-order valence-electron chi connectivity index (χ2n) is 3.45. The van der Waals surface area contributed by atoms with Crippen LogP contribution in [0.25, 0.3) is 0 Å². The molecule has 74 valence electrons. The van der Waals surface area contributed by atoms with Crippen LogP contribution >= 0.6 is 0 Å². The highest BCUT2D eigenvalue weighted by molar-refractivity contribution is 6.00. The molecule has 0 rings (SSSR count). The van der Waals surface area contributed by atoms with E-state index in [9.17, 15) is 4.79 Å². The fourth-order valence-electron chi connectivity index (χ4n) is 0.802. The molecule has 13 heavy (non-hydrogen) atoms. The zero-order chi connectivity index (χ0) is 10.3. The van der Waals surface area contributed by atoms with Crippen LogP contribution in [0.4, 0.5) is 0 Å². The minimum Gasteiger partial charge on any atom is -0.441 e. The smallest absolute Gasteiger partial charge is 0.283 e. The molecule has 0 amide bonds. The van der Waals surface area contributed by atoms with Gasteiger partial charge in [-0.2, -0.15) is 0 Å². The molecular weight excluding hydrogens is 167 g/mol. The fourth-order valence-corrected chi connectivity index (χ4v) is 0.802. The third kappa shape index (κ3) is 5.06. The van der Waals surface area contributed by atoms with Crippen molar-refractivity contribution in [3.05, 3.63) is 0 Å². The zero-order valence-corrected chi connectivity index (χ0v) is 8.63. The van der Waals surface area contributed by atoms with Crippen molar-refractivity contribution >= 4 is 13.8 Å². The average Bonchev–Trinajstić information content (AvgIpc) is 2.05. The molecule has 0 atom stereocenters. The highest BCUT2D eigenvalue weighted by Gasteiger charge is 2.27. The van der Waals surface area contributed by atoms with Gasteiger partial charge in [0.15, 0.2) is 5.78 Å². The summed E-state index contributed by atoms with van der Waals surface area (Å²) in [6, 6.07) is 0. The standard InChI is InChI=1S/C9H17BO3/c1-4-5-6-12-9(2,3)8(11)7-13-10/h4-7H2,1-3H3. The molecule has 0 aliphatic carbocycles. The summed E-state index contributed by atoms with van der Waals surface area (Å²) in [7, 11) is 4.80. The Morgan fingerprint density at radius 2 is 2.08 bits per heavy atom. The zero-order valence-electron chi connectivity index (χ0n) is 8.63. The molecule has 2 radical (unpaired) electrons. The highest BCUT2D eigenvalue weighted by Crippen LogP contribution is 2.11. The molecule has 0 saturated carbocycles. The molecule has 0 aromatic rings. The Morgan fingerprint density at radius 3 is 2.54 bits per heavy atom. The molecular formula is C9H17BO3. The number of hydrogen-bond donors (Lipinski definition) is 0. The van der Waals surface area contributed by atoms with E-state index in [4.69, 9.17) is 12.8 Å². The quantitative estimate of drug-likeness (QED) is 0.441. The second-order valence-corrected chi connectivity index (χ2v) is 3.45. The van der Waals surface area contributed by atoms with Crippen LogP contribution in [-0.4, -0.2) is 32.6 Å². The van der Waals surface area contributed by atoms with E-state index < -0.39 is 5.60 Å². The summed E-state index contributed by atoms with van der Waals surface area (Å²) in [5.41, 5.74) is -0.783. The van der Waals surface area contributed by atoms with E-state index in [2.05, 4.69) is 11.6 Å². The molecule has 0 unspecified atom stereocenters. The first-order chi connectivity index (χ1) is 6.04. The maximum atomic E-state index is 11.3. The first kappa shape index (κ1) is 12.7. The Balaban J connectivity index is 3.83. The van der Waals surface area contributed by atoms with Crippen molar-refractivity contribution < 1.29 is 14.2 Å². The minimum atomic E-state index is -0.783. The van der Waals surface area contributed by atoms with Gasteiger partial charge in [0.05, 0.1) is 6.61 Å². The Bertz CT molecular complexity index is 157. The normalized spacial score (nSPS) is 11.6. The molecule has 0 bridgehead atoms. The van der Waals surface area contributed by atoms with E-state index in [1.165, 1.54) is 0 Å². The van der Waals surface area contributed by atoms with E-state index in [1.807, 2.05) is 0 Å². The Hall–Kier alpha value is -0.345. The maximum Gasteiger partial charge on any atom is 0.283 e. The lowest BCUT2D eigenvalue weighted by molar-refractivity contribution is -0.142. The molecule has 0 fully saturated rings. The Kier molecular flexibility index (Phi) is 6.00. The number of rotatable bonds is 7. The largest absolute Gasteiger partial charge is 0.441 e. The topological polar surface area (TPSA) is 35.5 Å². The number of hydrogen-bond acceptors (Lipinski definition) is 3. The number of carbonyl (C=O) groups is 1. The van der Waals surface area contributed by atoms with Gasteiger partial charge in [0.1, 0.15) is 5.60 Å². The summed E-state index contributed by atoms with van der Waals surface area (Å²) < 4.78 is 9.67. The number of unbranched alkanes of at least 4 members (excludes halogenated alkanes) is 1. The predicted molar refractivity (Wildman–Crippen MR) is 51.7 cm³/mol. The van der Waals surface area contributed by atoms with Gasteiger partial charge in [-0.05, 0) is 20.3 Å². The maximum absolute atomic E-state index is 11.3. The molecule has 0 aromatic carbocycles. The first-order valence-electron chi connectivity index (χ1n) is 4.53. The molecule has 3 nitrogen and oxygen atoms in total. The van der Waals surface area contributed by atoms with Crippen LogP contribution in [-0.2, 0) is 14.2 Å². The van der Waals surface area contributed by atoms with Crippen molar-refractivity contribution in [3.8, 4) is 0 Å². The molecule has 0 aliphatic heterocycles. The van der Waals surface area contributed by atoms with Crippen molar-refractivity contribution in [2.45, 2.75) is 39.2 Å². The van der Waals surface area contributed by atoms with Gasteiger partial charge in [0.2, 0.25) is 0 Å². The van der Waals surface area contributed by atoms with Gasteiger partial charge in [0.25, 0.3) is 8.05 Å². The Morgan fingerprint density at radius 1 is 1.46 bits per heavy atom. The highest BCUT2D eigenvalue weighted by atomic mass is 16.5. The molecule has 4 heteroatoms. The molecule has 0 aromatic heterocycles. The summed E-state index contributed by atoms with van der Waals surface area (Å²) in [5.74, 6) is -0.133. The first-order valence-corrected chi connectivity index (χ1v) is 4.53. The SMILES string of the molecule is [B]OCC(=O)C(C)(C)OCCCC. The van der Waals surface area contributed by atoms with Crippen molar-refractivity contribution in [2.24, 2.45) is 0 Å². The minimum absolute atomic E-state index is 0.0981. The summed E-state index contributed by atoms with van der Waals surface area (Å²) in [6.45, 7) is 6.02. The van der Waals surface area contributed by atoms with Gasteiger partial charge >= 0.3 is 0 Å². The molecule has 0 heterocycles. The fraction of sp³-hybridized carbons (Fsp3) is 0.889.